The summed E-state index contributed by atoms with van der Waals surface area (Å²) in [4.78, 5) is 11.8. The van der Waals surface area contributed by atoms with Crippen LogP contribution >= 0.6 is 15.9 Å². The number of methoxy groups -OCH3 is 1. The van der Waals surface area contributed by atoms with Gasteiger partial charge in [-0.15, -0.1) is 0 Å². The van der Waals surface area contributed by atoms with Gasteiger partial charge in [-0.2, -0.15) is 5.10 Å². The van der Waals surface area contributed by atoms with E-state index < -0.39 is 0 Å². The van der Waals surface area contributed by atoms with Crippen molar-refractivity contribution >= 4 is 21.9 Å². The number of benzene rings is 1. The molecule has 22 heavy (non-hydrogen) atoms. The molecule has 0 spiro atoms. The van der Waals surface area contributed by atoms with Gasteiger partial charge in [0.15, 0.2) is 0 Å². The minimum atomic E-state index is -0.237. The summed E-state index contributed by atoms with van der Waals surface area (Å²) in [6.07, 6.45) is 0.305. The van der Waals surface area contributed by atoms with Crippen molar-refractivity contribution in [3.8, 4) is 5.75 Å². The van der Waals surface area contributed by atoms with Crippen LogP contribution in [-0.4, -0.2) is 22.9 Å². The van der Waals surface area contributed by atoms with Crippen LogP contribution in [-0.2, 0) is 22.7 Å². The van der Waals surface area contributed by atoms with E-state index in [1.807, 2.05) is 42.8 Å². The second-order valence-electron chi connectivity index (χ2n) is 5.03. The molecule has 0 unspecified atom stereocenters. The van der Waals surface area contributed by atoms with Gasteiger partial charge in [-0.25, -0.2) is 0 Å². The molecule has 0 bridgehead atoms. The Hall–Kier alpha value is -1.82. The first-order valence-electron chi connectivity index (χ1n) is 6.98. The Morgan fingerprint density at radius 2 is 2.09 bits per heavy atom. The van der Waals surface area contributed by atoms with E-state index in [1.165, 1.54) is 0 Å². The van der Waals surface area contributed by atoms with Gasteiger partial charge in [0, 0.05) is 5.69 Å². The molecule has 0 atom stereocenters. The van der Waals surface area contributed by atoms with Crippen molar-refractivity contribution < 1.29 is 14.3 Å². The van der Waals surface area contributed by atoms with E-state index in [-0.39, 0.29) is 12.6 Å². The molecule has 0 saturated carbocycles. The number of ether oxygens (including phenoxy) is 2. The number of carbonyl (C=O) groups excluding carboxylic acids is 1. The van der Waals surface area contributed by atoms with Gasteiger partial charge in [0.1, 0.15) is 12.4 Å². The molecule has 0 fully saturated rings. The number of rotatable bonds is 6. The van der Waals surface area contributed by atoms with E-state index in [0.717, 1.165) is 27.2 Å². The maximum absolute atomic E-state index is 11.8. The van der Waals surface area contributed by atoms with Gasteiger partial charge in [-0.3, -0.25) is 9.48 Å². The molecule has 0 N–H and O–H groups in total. The normalized spacial score (nSPS) is 10.5. The highest BCUT2D eigenvalue weighted by Crippen LogP contribution is 2.25. The standard InChI is InChI=1S/C16H19BrN2O3/c1-11-8-12(2)19(18-11)7-6-16(20)22-10-13-4-5-15(21-3)14(17)9-13/h4-5,8-9H,6-7,10H2,1-3H3. The molecule has 0 aliphatic carbocycles. The fourth-order valence-corrected chi connectivity index (χ4v) is 2.72. The average molecular weight is 367 g/mol. The van der Waals surface area contributed by atoms with Crippen LogP contribution in [0.5, 0.6) is 5.75 Å². The van der Waals surface area contributed by atoms with Crippen LogP contribution in [0.1, 0.15) is 23.4 Å². The maximum Gasteiger partial charge on any atom is 0.308 e. The second-order valence-corrected chi connectivity index (χ2v) is 5.88. The summed E-state index contributed by atoms with van der Waals surface area (Å²) < 4.78 is 13.1. The Morgan fingerprint density at radius 3 is 2.68 bits per heavy atom. The van der Waals surface area contributed by atoms with Crippen LogP contribution in [0.15, 0.2) is 28.7 Å². The van der Waals surface area contributed by atoms with Gasteiger partial charge in [-0.05, 0) is 53.5 Å². The van der Waals surface area contributed by atoms with Crippen molar-refractivity contribution in [1.29, 1.82) is 0 Å². The van der Waals surface area contributed by atoms with Crippen LogP contribution < -0.4 is 4.74 Å². The van der Waals surface area contributed by atoms with Gasteiger partial charge in [0.25, 0.3) is 0 Å². The monoisotopic (exact) mass is 366 g/mol. The summed E-state index contributed by atoms with van der Waals surface area (Å²) in [6, 6.07) is 7.58. The Labute approximate surface area is 138 Å². The molecule has 5 nitrogen and oxygen atoms in total. The van der Waals surface area contributed by atoms with Crippen LogP contribution in [0.25, 0.3) is 0 Å². The van der Waals surface area contributed by atoms with Crippen molar-refractivity contribution in [2.75, 3.05) is 7.11 Å². The summed E-state index contributed by atoms with van der Waals surface area (Å²) in [5.41, 5.74) is 2.91. The third-order valence-electron chi connectivity index (χ3n) is 3.25. The summed E-state index contributed by atoms with van der Waals surface area (Å²) in [5.74, 6) is 0.513. The summed E-state index contributed by atoms with van der Waals surface area (Å²) in [6.45, 7) is 4.69. The number of hydrogen-bond donors (Lipinski definition) is 0. The lowest BCUT2D eigenvalue weighted by atomic mass is 10.2. The number of hydrogen-bond acceptors (Lipinski definition) is 4. The summed E-state index contributed by atoms with van der Waals surface area (Å²) in [5, 5.41) is 4.32. The lowest BCUT2D eigenvalue weighted by Gasteiger charge is -2.08. The van der Waals surface area contributed by atoms with E-state index in [0.29, 0.717) is 13.0 Å². The van der Waals surface area contributed by atoms with Gasteiger partial charge in [0.05, 0.1) is 30.2 Å². The molecule has 0 saturated heterocycles. The first kappa shape index (κ1) is 16.5. The Balaban J connectivity index is 1.82. The zero-order valence-electron chi connectivity index (χ0n) is 12.9. The number of carbonyl (C=O) groups is 1. The van der Waals surface area contributed by atoms with Gasteiger partial charge in [0.2, 0.25) is 0 Å². The minimum absolute atomic E-state index is 0.237. The average Bonchev–Trinajstić information content (AvgIpc) is 2.81. The van der Waals surface area contributed by atoms with Crippen molar-refractivity contribution in [2.45, 2.75) is 33.4 Å². The molecule has 2 rings (SSSR count). The van der Waals surface area contributed by atoms with Crippen molar-refractivity contribution in [1.82, 2.24) is 9.78 Å². The predicted octanol–water partition coefficient (Wildman–Crippen LogP) is 3.40. The lowest BCUT2D eigenvalue weighted by molar-refractivity contribution is -0.145. The van der Waals surface area contributed by atoms with Gasteiger partial charge >= 0.3 is 5.97 Å². The third kappa shape index (κ3) is 4.34. The second kappa shape index (κ2) is 7.45. The zero-order valence-corrected chi connectivity index (χ0v) is 14.5. The first-order valence-corrected chi connectivity index (χ1v) is 7.78. The van der Waals surface area contributed by atoms with Crippen molar-refractivity contribution in [3.05, 3.63) is 45.7 Å². The molecule has 1 aromatic carbocycles. The highest BCUT2D eigenvalue weighted by atomic mass is 79.9. The van der Waals surface area contributed by atoms with Crippen molar-refractivity contribution in [2.24, 2.45) is 0 Å². The van der Waals surface area contributed by atoms with Gasteiger partial charge in [-0.1, -0.05) is 6.07 Å². The molecule has 0 aliphatic rings. The maximum atomic E-state index is 11.8. The van der Waals surface area contributed by atoms with E-state index in [2.05, 4.69) is 21.0 Å². The molecule has 6 heteroatoms. The molecule has 0 radical (unpaired) electrons. The fraction of sp³-hybridized carbons (Fsp3) is 0.375. The SMILES string of the molecule is COc1ccc(COC(=O)CCn2nc(C)cc2C)cc1Br. The largest absolute Gasteiger partial charge is 0.496 e. The number of esters is 1. The van der Waals surface area contributed by atoms with Crippen LogP contribution in [0.3, 0.4) is 0 Å². The highest BCUT2D eigenvalue weighted by molar-refractivity contribution is 9.10. The first-order chi connectivity index (χ1) is 10.5. The molecule has 0 aliphatic heterocycles. The number of aryl methyl sites for hydroxylation is 3. The van der Waals surface area contributed by atoms with E-state index in [9.17, 15) is 4.79 Å². The number of aromatic nitrogens is 2. The van der Waals surface area contributed by atoms with Gasteiger partial charge < -0.3 is 9.47 Å². The third-order valence-corrected chi connectivity index (χ3v) is 3.87. The lowest BCUT2D eigenvalue weighted by Crippen LogP contribution is -2.11. The number of nitrogens with zero attached hydrogens (tertiary/aromatic N) is 2. The smallest absolute Gasteiger partial charge is 0.308 e. The quantitative estimate of drug-likeness (QED) is 0.735. The molecule has 0 amide bonds. The van der Waals surface area contributed by atoms with Crippen LogP contribution in [0.2, 0.25) is 0 Å². The molecule has 2 aromatic rings. The predicted molar refractivity (Wildman–Crippen MR) is 86.8 cm³/mol. The fourth-order valence-electron chi connectivity index (χ4n) is 2.13. The highest BCUT2D eigenvalue weighted by Gasteiger charge is 2.08. The summed E-state index contributed by atoms with van der Waals surface area (Å²) in [7, 11) is 1.61. The topological polar surface area (TPSA) is 53.4 Å². The molecular formula is C16H19BrN2O3. The van der Waals surface area contributed by atoms with Crippen molar-refractivity contribution in [3.63, 3.8) is 0 Å². The zero-order chi connectivity index (χ0) is 16.1. The Bertz CT molecular complexity index is 667. The minimum Gasteiger partial charge on any atom is -0.496 e. The Morgan fingerprint density at radius 1 is 1.32 bits per heavy atom. The van der Waals surface area contributed by atoms with Crippen LogP contribution in [0.4, 0.5) is 0 Å². The van der Waals surface area contributed by atoms with E-state index >= 15 is 0 Å². The molecular weight excluding hydrogens is 348 g/mol. The summed E-state index contributed by atoms with van der Waals surface area (Å²) >= 11 is 3.41. The molecule has 1 heterocycles. The molecule has 1 aromatic heterocycles. The Kier molecular flexibility index (Phi) is 5.60. The van der Waals surface area contributed by atoms with Crippen LogP contribution in [0, 0.1) is 13.8 Å². The van der Waals surface area contributed by atoms with E-state index in [4.69, 9.17) is 9.47 Å². The number of halogens is 1. The van der Waals surface area contributed by atoms with E-state index in [1.54, 1.807) is 7.11 Å². The molecule has 118 valence electrons.